The van der Waals surface area contributed by atoms with Crippen molar-refractivity contribution in [1.82, 2.24) is 4.90 Å². The Kier molecular flexibility index (Phi) is 4.52. The summed E-state index contributed by atoms with van der Waals surface area (Å²) in [7, 11) is 4.64. The summed E-state index contributed by atoms with van der Waals surface area (Å²) in [6, 6.07) is 3.01. The van der Waals surface area contributed by atoms with Crippen molar-refractivity contribution in [3.05, 3.63) is 17.7 Å². The van der Waals surface area contributed by atoms with Gasteiger partial charge < -0.3 is 23.8 Å². The minimum absolute atomic E-state index is 0.239. The number of hydrogen-bond acceptors (Lipinski definition) is 6. The molecule has 0 radical (unpaired) electrons. The third kappa shape index (κ3) is 3.36. The molecule has 0 N–H and O–H groups in total. The van der Waals surface area contributed by atoms with Crippen LogP contribution < -0.4 is 14.2 Å². The number of carbonyl (C=O) groups excluding carboxylic acids is 2. The minimum atomic E-state index is -0.625. The average Bonchev–Trinajstić information content (AvgIpc) is 2.50. The fourth-order valence-electron chi connectivity index (χ4n) is 1.73. The largest absolute Gasteiger partial charge is 0.493 e. The van der Waals surface area contributed by atoms with E-state index < -0.39 is 5.97 Å². The maximum Gasteiger partial charge on any atom is 0.338 e. The van der Waals surface area contributed by atoms with Crippen molar-refractivity contribution >= 4 is 11.9 Å². The fraction of sp³-hybridized carbons (Fsp3) is 0.429. The normalized spacial score (nSPS) is 12.5. The molecule has 1 amide bonds. The predicted molar refractivity (Wildman–Crippen MR) is 73.0 cm³/mol. The molecule has 0 atom stereocenters. The van der Waals surface area contributed by atoms with Crippen LogP contribution in [0.3, 0.4) is 0 Å². The molecule has 114 valence electrons. The van der Waals surface area contributed by atoms with E-state index in [1.807, 2.05) is 0 Å². The van der Waals surface area contributed by atoms with Gasteiger partial charge in [-0.05, 0) is 12.1 Å². The number of carbonyl (C=O) groups is 2. The van der Waals surface area contributed by atoms with Crippen LogP contribution in [-0.2, 0) is 9.53 Å². The monoisotopic (exact) mass is 295 g/mol. The molecule has 0 saturated heterocycles. The second-order valence-corrected chi connectivity index (χ2v) is 4.57. The molecule has 1 aliphatic heterocycles. The molecule has 0 fully saturated rings. The highest BCUT2D eigenvalue weighted by Gasteiger charge is 2.22. The maximum absolute atomic E-state index is 12.0. The van der Waals surface area contributed by atoms with Crippen LogP contribution in [0.5, 0.6) is 17.2 Å². The lowest BCUT2D eigenvalue weighted by Gasteiger charge is -2.21. The van der Waals surface area contributed by atoms with Crippen LogP contribution in [0.25, 0.3) is 0 Å². The van der Waals surface area contributed by atoms with Gasteiger partial charge in [-0.1, -0.05) is 0 Å². The lowest BCUT2D eigenvalue weighted by atomic mass is 10.1. The van der Waals surface area contributed by atoms with E-state index in [-0.39, 0.29) is 18.1 Å². The summed E-state index contributed by atoms with van der Waals surface area (Å²) < 4.78 is 21.0. The van der Waals surface area contributed by atoms with Crippen molar-refractivity contribution in [2.45, 2.75) is 0 Å². The Hall–Kier alpha value is -2.44. The van der Waals surface area contributed by atoms with Gasteiger partial charge >= 0.3 is 5.97 Å². The molecule has 1 aromatic carbocycles. The molecule has 0 unspecified atom stereocenters. The summed E-state index contributed by atoms with van der Waals surface area (Å²) in [5, 5.41) is 0. The molecule has 21 heavy (non-hydrogen) atoms. The molecule has 7 nitrogen and oxygen atoms in total. The van der Waals surface area contributed by atoms with E-state index in [4.69, 9.17) is 18.9 Å². The molecule has 1 aliphatic rings. The van der Waals surface area contributed by atoms with E-state index in [0.29, 0.717) is 30.5 Å². The quantitative estimate of drug-likeness (QED) is 0.762. The van der Waals surface area contributed by atoms with Crippen LogP contribution >= 0.6 is 0 Å². The summed E-state index contributed by atoms with van der Waals surface area (Å²) >= 11 is 0. The third-order valence-electron chi connectivity index (χ3n) is 2.89. The molecule has 2 rings (SSSR count). The Bertz CT molecular complexity index is 537. The van der Waals surface area contributed by atoms with Gasteiger partial charge in [-0.15, -0.1) is 0 Å². The summed E-state index contributed by atoms with van der Waals surface area (Å²) in [6.45, 7) is 0.501. The lowest BCUT2D eigenvalue weighted by molar-refractivity contribution is -0.131. The van der Waals surface area contributed by atoms with Gasteiger partial charge in [0.2, 0.25) is 5.75 Å². The molecule has 0 spiro atoms. The molecule has 1 heterocycles. The van der Waals surface area contributed by atoms with Crippen molar-refractivity contribution in [3.8, 4) is 17.2 Å². The number of benzene rings is 1. The first-order chi connectivity index (χ1) is 10.0. The Morgan fingerprint density at radius 3 is 2.62 bits per heavy atom. The van der Waals surface area contributed by atoms with Gasteiger partial charge in [0.05, 0.1) is 12.7 Å². The second kappa shape index (κ2) is 6.34. The molecule has 0 aliphatic carbocycles. The smallest absolute Gasteiger partial charge is 0.338 e. The first-order valence-electron chi connectivity index (χ1n) is 6.38. The number of nitrogens with zero attached hydrogens (tertiary/aromatic N) is 1. The summed E-state index contributed by atoms with van der Waals surface area (Å²) in [5.41, 5.74) is 0.239. The number of esters is 1. The van der Waals surface area contributed by atoms with Gasteiger partial charge in [-0.25, -0.2) is 4.79 Å². The zero-order chi connectivity index (χ0) is 15.4. The van der Waals surface area contributed by atoms with Crippen molar-refractivity contribution in [3.63, 3.8) is 0 Å². The maximum atomic E-state index is 12.0. The van der Waals surface area contributed by atoms with Crippen LogP contribution in [0.15, 0.2) is 12.1 Å². The highest BCUT2D eigenvalue weighted by Crippen LogP contribution is 2.40. The topological polar surface area (TPSA) is 74.3 Å². The van der Waals surface area contributed by atoms with Crippen molar-refractivity contribution in [1.29, 1.82) is 0 Å². The molecule has 0 saturated carbocycles. The Morgan fingerprint density at radius 2 is 1.95 bits per heavy atom. The second-order valence-electron chi connectivity index (χ2n) is 4.57. The fourth-order valence-corrected chi connectivity index (χ4v) is 1.73. The lowest BCUT2D eigenvalue weighted by Crippen LogP contribution is -2.27. The first kappa shape index (κ1) is 15.0. The van der Waals surface area contributed by atoms with E-state index >= 15 is 0 Å². The summed E-state index contributed by atoms with van der Waals surface area (Å²) in [6.07, 6.45) is 0. The van der Waals surface area contributed by atoms with Crippen molar-refractivity contribution < 1.29 is 28.5 Å². The van der Waals surface area contributed by atoms with Crippen LogP contribution in [-0.4, -0.2) is 57.8 Å². The number of fused-ring (bicyclic) bond motifs is 1. The zero-order valence-electron chi connectivity index (χ0n) is 12.2. The van der Waals surface area contributed by atoms with Gasteiger partial charge in [0, 0.05) is 14.1 Å². The minimum Gasteiger partial charge on any atom is -0.493 e. The highest BCUT2D eigenvalue weighted by molar-refractivity contribution is 5.92. The van der Waals surface area contributed by atoms with Crippen LogP contribution in [0.4, 0.5) is 0 Å². The van der Waals surface area contributed by atoms with E-state index in [9.17, 15) is 9.59 Å². The van der Waals surface area contributed by atoms with Gasteiger partial charge in [0.1, 0.15) is 13.2 Å². The standard InChI is InChI=1S/C14H17NO6/c1-15(2)12(16)8-21-14(17)9-6-10(18-3)13-11(7-9)19-4-5-20-13/h6-7H,4-5,8H2,1-3H3. The number of rotatable bonds is 4. The van der Waals surface area contributed by atoms with Crippen molar-refractivity contribution in [2.75, 3.05) is 41.0 Å². The highest BCUT2D eigenvalue weighted by atomic mass is 16.6. The number of likely N-dealkylation sites (N-methyl/N-ethyl adjacent to an activating group) is 1. The Balaban J connectivity index is 2.16. The summed E-state index contributed by atoms with van der Waals surface area (Å²) in [5.74, 6) is 0.350. The number of methoxy groups -OCH3 is 1. The van der Waals surface area contributed by atoms with E-state index in [2.05, 4.69) is 0 Å². The van der Waals surface area contributed by atoms with Crippen LogP contribution in [0.2, 0.25) is 0 Å². The van der Waals surface area contributed by atoms with Crippen LogP contribution in [0, 0.1) is 0 Å². The van der Waals surface area contributed by atoms with Gasteiger partial charge in [0.25, 0.3) is 5.91 Å². The van der Waals surface area contributed by atoms with Gasteiger partial charge in [0.15, 0.2) is 18.1 Å². The van der Waals surface area contributed by atoms with E-state index in [1.165, 1.54) is 24.1 Å². The number of ether oxygens (including phenoxy) is 4. The first-order valence-corrected chi connectivity index (χ1v) is 6.38. The number of amides is 1. The molecular formula is C14H17NO6. The van der Waals surface area contributed by atoms with E-state index in [1.54, 1.807) is 14.1 Å². The SMILES string of the molecule is COc1cc(C(=O)OCC(=O)N(C)C)cc2c1OCCO2. The van der Waals surface area contributed by atoms with Crippen LogP contribution in [0.1, 0.15) is 10.4 Å². The van der Waals surface area contributed by atoms with Gasteiger partial charge in [-0.2, -0.15) is 0 Å². The molecule has 1 aromatic rings. The Labute approximate surface area is 122 Å². The average molecular weight is 295 g/mol. The molecular weight excluding hydrogens is 278 g/mol. The summed E-state index contributed by atoms with van der Waals surface area (Å²) in [4.78, 5) is 24.7. The van der Waals surface area contributed by atoms with Crippen molar-refractivity contribution in [2.24, 2.45) is 0 Å². The molecule has 7 heteroatoms. The van der Waals surface area contributed by atoms with Gasteiger partial charge in [-0.3, -0.25) is 4.79 Å². The predicted octanol–water partition coefficient (Wildman–Crippen LogP) is 0.711. The third-order valence-corrected chi connectivity index (χ3v) is 2.89. The zero-order valence-corrected chi connectivity index (χ0v) is 12.2. The number of hydrogen-bond donors (Lipinski definition) is 0. The molecule has 0 bridgehead atoms. The molecule has 0 aromatic heterocycles. The van der Waals surface area contributed by atoms with E-state index in [0.717, 1.165) is 0 Å². The Morgan fingerprint density at radius 1 is 1.24 bits per heavy atom.